The molecule has 0 heterocycles. The van der Waals surface area contributed by atoms with Crippen LogP contribution in [0.1, 0.15) is 94.9 Å². The van der Waals surface area contributed by atoms with Crippen LogP contribution in [0.2, 0.25) is 0 Å². The van der Waals surface area contributed by atoms with E-state index >= 15 is 0 Å². The monoisotopic (exact) mass is 840 g/mol. The molecular formula is C46H36N2O14. The van der Waals surface area contributed by atoms with Crippen LogP contribution in [0.25, 0.3) is 10.8 Å². The zero-order chi connectivity index (χ0) is 46.0. The second kappa shape index (κ2) is 17.4. The molecule has 0 amide bonds. The van der Waals surface area contributed by atoms with Crippen LogP contribution >= 0.6 is 0 Å². The van der Waals surface area contributed by atoms with Gasteiger partial charge in [-0.1, -0.05) is 36.4 Å². The molecule has 5 aromatic carbocycles. The van der Waals surface area contributed by atoms with Crippen LogP contribution in [0.15, 0.2) is 96.1 Å². The van der Waals surface area contributed by atoms with Crippen molar-refractivity contribution in [2.45, 2.75) is 34.1 Å². The first-order chi connectivity index (χ1) is 29.2. The summed E-state index contributed by atoms with van der Waals surface area (Å²) >= 11 is 0. The summed E-state index contributed by atoms with van der Waals surface area (Å²) in [5.41, 5.74) is 0.0936. The van der Waals surface area contributed by atoms with Gasteiger partial charge >= 0.3 is 5.69 Å². The number of fused-ring (bicyclic) bond motifs is 4. The van der Waals surface area contributed by atoms with Crippen molar-refractivity contribution in [1.29, 1.82) is 5.26 Å². The van der Waals surface area contributed by atoms with Gasteiger partial charge < -0.3 is 30.3 Å². The number of allylic oxidation sites excluding steroid dienone is 4. The van der Waals surface area contributed by atoms with E-state index in [-0.39, 0.29) is 80.0 Å². The van der Waals surface area contributed by atoms with Crippen molar-refractivity contribution in [2.75, 3.05) is 7.11 Å². The molecule has 0 radical (unpaired) electrons. The van der Waals surface area contributed by atoms with Gasteiger partial charge in [0.1, 0.15) is 34.2 Å². The first-order valence-electron chi connectivity index (χ1n) is 18.3. The summed E-state index contributed by atoms with van der Waals surface area (Å²) in [5.74, 6) is -2.51. The Morgan fingerprint density at radius 1 is 0.694 bits per heavy atom. The van der Waals surface area contributed by atoms with Crippen LogP contribution in [-0.4, -0.2) is 72.3 Å². The molecule has 16 nitrogen and oxygen atoms in total. The van der Waals surface area contributed by atoms with Crippen LogP contribution in [0.4, 0.5) is 5.69 Å². The number of nitriles is 1. The number of aryl methyl sites for hydroxylation is 1. The molecule has 5 N–H and O–H groups in total. The van der Waals surface area contributed by atoms with Gasteiger partial charge in [0.25, 0.3) is 0 Å². The van der Waals surface area contributed by atoms with E-state index < -0.39 is 39.1 Å². The molecule has 0 aromatic heterocycles. The number of nitro benzene ring substituents is 1. The summed E-state index contributed by atoms with van der Waals surface area (Å²) < 4.78 is 5.06. The lowest BCUT2D eigenvalue weighted by atomic mass is 9.72. The van der Waals surface area contributed by atoms with Crippen molar-refractivity contribution >= 4 is 51.2 Å². The largest absolute Gasteiger partial charge is 0.507 e. The van der Waals surface area contributed by atoms with E-state index in [0.29, 0.717) is 33.4 Å². The predicted octanol–water partition coefficient (Wildman–Crippen LogP) is 7.60. The number of benzene rings is 5. The number of carbonyl (C=O) groups is 6. The van der Waals surface area contributed by atoms with E-state index in [2.05, 4.69) is 0 Å². The van der Waals surface area contributed by atoms with Gasteiger partial charge in [0, 0.05) is 45.7 Å². The molecule has 1 unspecified atom stereocenters. The van der Waals surface area contributed by atoms with Gasteiger partial charge in [0.05, 0.1) is 40.2 Å². The maximum absolute atomic E-state index is 12.0. The third-order valence-corrected chi connectivity index (χ3v) is 10.1. The van der Waals surface area contributed by atoms with E-state index in [9.17, 15) is 64.4 Å². The Morgan fingerprint density at radius 3 is 1.84 bits per heavy atom. The van der Waals surface area contributed by atoms with Crippen LogP contribution in [0.3, 0.4) is 0 Å². The van der Waals surface area contributed by atoms with E-state index in [1.54, 1.807) is 44.2 Å². The highest BCUT2D eigenvalue weighted by atomic mass is 16.6. The van der Waals surface area contributed by atoms with Crippen LogP contribution in [-0.2, 0) is 0 Å². The van der Waals surface area contributed by atoms with Crippen molar-refractivity contribution in [1.82, 2.24) is 0 Å². The number of carbonyl (C=O) groups excluding carboxylic acids is 6. The van der Waals surface area contributed by atoms with Crippen LogP contribution in [0, 0.1) is 33.8 Å². The number of ketones is 6. The zero-order valence-corrected chi connectivity index (χ0v) is 33.6. The second-order valence-corrected chi connectivity index (χ2v) is 14.4. The zero-order valence-electron chi connectivity index (χ0n) is 33.6. The van der Waals surface area contributed by atoms with Gasteiger partial charge in [-0.25, -0.2) is 0 Å². The van der Waals surface area contributed by atoms with Crippen molar-refractivity contribution in [3.05, 3.63) is 145 Å². The molecule has 16 heteroatoms. The topological polar surface area (TPSA) is 280 Å². The fraction of sp³-hybridized carbons (Fsp3) is 0.152. The number of phenols is 5. The molecule has 0 bridgehead atoms. The number of Topliss-reactive ketones (excluding diaryl/α,β-unsaturated/α-hetero) is 4. The Morgan fingerprint density at radius 2 is 1.24 bits per heavy atom. The molecule has 0 saturated heterocycles. The van der Waals surface area contributed by atoms with Gasteiger partial charge in [0.15, 0.2) is 34.7 Å². The minimum absolute atomic E-state index is 0.00176. The number of aromatic hydroxyl groups is 5. The smallest absolute Gasteiger partial charge is 0.311 e. The quantitative estimate of drug-likeness (QED) is 0.0650. The summed E-state index contributed by atoms with van der Waals surface area (Å²) in [6.45, 7) is 6.25. The number of phenolic OH excluding ortho intramolecular Hbond substituents is 5. The molecule has 0 fully saturated rings. The number of nitro groups is 1. The number of nitrogens with zero attached hydrogens (tertiary/aromatic N) is 2. The number of methoxy groups -OCH3 is 1. The van der Waals surface area contributed by atoms with Crippen molar-refractivity contribution in [3.63, 3.8) is 0 Å². The summed E-state index contributed by atoms with van der Waals surface area (Å²) in [4.78, 5) is 80.3. The number of hydrogen-bond donors (Lipinski definition) is 5. The second-order valence-electron chi connectivity index (χ2n) is 14.4. The lowest BCUT2D eigenvalue weighted by Crippen LogP contribution is -2.35. The molecule has 314 valence electrons. The van der Waals surface area contributed by atoms with Crippen LogP contribution in [0.5, 0.6) is 34.5 Å². The van der Waals surface area contributed by atoms with Crippen molar-refractivity contribution in [3.8, 4) is 40.6 Å². The molecular weight excluding hydrogens is 805 g/mol. The van der Waals surface area contributed by atoms with Crippen molar-refractivity contribution in [2.24, 2.45) is 5.41 Å². The van der Waals surface area contributed by atoms with Gasteiger partial charge in [0.2, 0.25) is 5.75 Å². The van der Waals surface area contributed by atoms with E-state index in [4.69, 9.17) is 10.00 Å². The molecule has 3 aliphatic rings. The first-order valence-corrected chi connectivity index (χ1v) is 18.3. The highest BCUT2D eigenvalue weighted by Gasteiger charge is 2.43. The number of hydrogen-bond acceptors (Lipinski definition) is 15. The average Bonchev–Trinajstić information content (AvgIpc) is 3.23. The molecule has 62 heavy (non-hydrogen) atoms. The average molecular weight is 841 g/mol. The Bertz CT molecular complexity index is 2920. The van der Waals surface area contributed by atoms with Gasteiger partial charge in [-0.2, -0.15) is 5.26 Å². The molecule has 0 saturated carbocycles. The third kappa shape index (κ3) is 8.23. The SMILES string of the molecule is CC1(C#N)CC(=O)c2c(O)cccc2C1=O.CC1=CC(=O)c2c(ccc([N+](=O)[O-])c2O)C1=O.COc1cccc2c1C(=O)C=C(C)C2=O.Cc1cc(O)c2c(O)cccc2c1O. The Kier molecular flexibility index (Phi) is 12.5. The summed E-state index contributed by atoms with van der Waals surface area (Å²) in [5, 5.41) is 68.2. The first kappa shape index (κ1) is 44.6. The third-order valence-electron chi connectivity index (χ3n) is 10.1. The fourth-order valence-electron chi connectivity index (χ4n) is 6.87. The fourth-order valence-corrected chi connectivity index (χ4v) is 6.87. The van der Waals surface area contributed by atoms with E-state index in [0.717, 1.165) is 12.1 Å². The van der Waals surface area contributed by atoms with E-state index in [1.807, 2.05) is 6.07 Å². The van der Waals surface area contributed by atoms with Crippen molar-refractivity contribution < 1.29 is 64.0 Å². The van der Waals surface area contributed by atoms with Gasteiger partial charge in [-0.3, -0.25) is 38.9 Å². The maximum Gasteiger partial charge on any atom is 0.311 e. The highest BCUT2D eigenvalue weighted by molar-refractivity contribution is 6.26. The molecule has 3 aliphatic carbocycles. The molecule has 0 spiro atoms. The number of rotatable bonds is 2. The maximum atomic E-state index is 12.0. The normalized spacial score (nSPS) is 16.0. The highest BCUT2D eigenvalue weighted by Crippen LogP contribution is 2.40. The standard InChI is InChI=1S/C12H9NO3.C12H10O3.C11H7NO5.C11H10O3/c1-12(6-13)5-9(15)10-7(11(12)16)3-2-4-8(10)14;1-7-6-9(13)11-8(12(7)14)4-3-5-10(11)15-2;1-5-4-8(13)9-6(10(5)14)2-3-7(11(9)15)12(16)17;1-6-5-9(13)10-7(11(6)14)3-2-4-8(10)12/h2-4,14H,5H2,1H3;3-6H,1-2H3;2-4,15H,1H3;2-5,12-14H,1H3. The lowest BCUT2D eigenvalue weighted by molar-refractivity contribution is -0.385. The molecule has 8 rings (SSSR count). The summed E-state index contributed by atoms with van der Waals surface area (Å²) in [6, 6.07) is 19.6. The Hall–Kier alpha value is -8.45. The Balaban J connectivity index is 0.000000156. The summed E-state index contributed by atoms with van der Waals surface area (Å²) in [7, 11) is 1.48. The van der Waals surface area contributed by atoms with Crippen LogP contribution < -0.4 is 4.74 Å². The minimum Gasteiger partial charge on any atom is -0.507 e. The minimum atomic E-state index is -1.31. The molecule has 5 aromatic rings. The molecule has 1 atom stereocenters. The predicted molar refractivity (Wildman–Crippen MR) is 221 cm³/mol. The Labute approximate surface area is 352 Å². The lowest BCUT2D eigenvalue weighted by Gasteiger charge is -2.26. The molecule has 0 aliphatic heterocycles. The summed E-state index contributed by atoms with van der Waals surface area (Å²) in [6.07, 6.45) is 2.24. The van der Waals surface area contributed by atoms with Gasteiger partial charge in [-0.15, -0.1) is 0 Å². The van der Waals surface area contributed by atoms with Gasteiger partial charge in [-0.05, 0) is 75.7 Å². The number of ether oxygens (including phenoxy) is 1. The van der Waals surface area contributed by atoms with E-state index in [1.165, 1.54) is 63.4 Å².